The Kier molecular flexibility index (Phi) is 12.9. The van der Waals surface area contributed by atoms with Gasteiger partial charge >= 0.3 is 5.97 Å². The lowest BCUT2D eigenvalue weighted by atomic mass is 10.1. The summed E-state index contributed by atoms with van der Waals surface area (Å²) < 4.78 is 5.10. The maximum Gasteiger partial charge on any atom is 0.333 e. The summed E-state index contributed by atoms with van der Waals surface area (Å²) in [5.41, 5.74) is 2.94. The van der Waals surface area contributed by atoms with Gasteiger partial charge in [-0.15, -0.1) is 0 Å². The molecule has 0 atom stereocenters. The smallest absolute Gasteiger partial charge is 0.333 e. The number of benzene rings is 2. The molecule has 2 aromatic carbocycles. The lowest BCUT2D eigenvalue weighted by molar-refractivity contribution is -0.384. The monoisotopic (exact) mass is 494 g/mol. The summed E-state index contributed by atoms with van der Waals surface area (Å²) in [6.07, 6.45) is 10.6. The number of hydrogen-bond acceptors (Lipinski definition) is 7. The van der Waals surface area contributed by atoms with Crippen molar-refractivity contribution in [1.29, 1.82) is 0 Å². The molecule has 0 unspecified atom stereocenters. The van der Waals surface area contributed by atoms with Crippen LogP contribution in [0.5, 0.6) is 0 Å². The molecule has 0 fully saturated rings. The van der Waals surface area contributed by atoms with E-state index < -0.39 is 4.92 Å². The molecule has 0 aliphatic rings. The molecule has 36 heavy (non-hydrogen) atoms. The van der Waals surface area contributed by atoms with E-state index in [1.165, 1.54) is 50.7 Å². The Morgan fingerprint density at radius 1 is 0.861 bits per heavy atom. The zero-order valence-corrected chi connectivity index (χ0v) is 21.5. The highest BCUT2D eigenvalue weighted by atomic mass is 16.6. The molecule has 0 radical (unpaired) electrons. The summed E-state index contributed by atoms with van der Waals surface area (Å²) in [4.78, 5) is 23.8. The van der Waals surface area contributed by atoms with E-state index in [2.05, 4.69) is 28.8 Å². The van der Waals surface area contributed by atoms with Crippen LogP contribution >= 0.6 is 0 Å². The van der Waals surface area contributed by atoms with Crippen molar-refractivity contribution in [1.82, 2.24) is 0 Å². The van der Waals surface area contributed by atoms with Gasteiger partial charge in [0.15, 0.2) is 0 Å². The van der Waals surface area contributed by atoms with Crippen molar-refractivity contribution in [2.45, 2.75) is 64.7 Å². The fourth-order valence-corrected chi connectivity index (χ4v) is 3.64. The number of rotatable bonds is 17. The summed E-state index contributed by atoms with van der Waals surface area (Å²) in [5.74, 6) is -0.291. The highest BCUT2D eigenvalue weighted by Gasteiger charge is 2.04. The van der Waals surface area contributed by atoms with Crippen LogP contribution in [0.25, 0.3) is 0 Å². The molecular formula is C28H38N4O4. The van der Waals surface area contributed by atoms with E-state index in [-0.39, 0.29) is 11.7 Å². The normalized spacial score (nSPS) is 10.9. The van der Waals surface area contributed by atoms with E-state index >= 15 is 0 Å². The number of non-ortho nitro benzene ring substituents is 1. The minimum atomic E-state index is -0.435. The molecule has 0 heterocycles. The number of carbonyl (C=O) groups is 1. The Hall–Kier alpha value is -3.55. The fraction of sp³-hybridized carbons (Fsp3) is 0.464. The number of ether oxygens (including phenoxy) is 1. The highest BCUT2D eigenvalue weighted by molar-refractivity contribution is 5.86. The molecule has 8 heteroatoms. The van der Waals surface area contributed by atoms with Crippen LogP contribution in [-0.2, 0) is 9.53 Å². The average Bonchev–Trinajstić information content (AvgIpc) is 2.88. The van der Waals surface area contributed by atoms with Crippen LogP contribution in [0.1, 0.15) is 64.7 Å². The van der Waals surface area contributed by atoms with E-state index in [0.29, 0.717) is 17.9 Å². The standard InChI is InChI=1S/C28H38N4O4/c1-23(2)28(33)36-22-12-10-8-6-4-5-7-9-11-21-31(3)26-17-13-24(14-18-26)29-30-25-15-19-27(20-16-25)32(34)35/h13-20H,1,4-12,21-22H2,2-3H3. The van der Waals surface area contributed by atoms with E-state index in [4.69, 9.17) is 4.74 Å². The number of esters is 1. The Morgan fingerprint density at radius 3 is 1.83 bits per heavy atom. The third kappa shape index (κ3) is 11.3. The van der Waals surface area contributed by atoms with E-state index in [9.17, 15) is 14.9 Å². The maximum atomic E-state index is 11.3. The van der Waals surface area contributed by atoms with Crippen molar-refractivity contribution < 1.29 is 14.5 Å². The van der Waals surface area contributed by atoms with Gasteiger partial charge in [0, 0.05) is 37.0 Å². The zero-order chi connectivity index (χ0) is 26.2. The summed E-state index contributed by atoms with van der Waals surface area (Å²) in [5, 5.41) is 19.1. The zero-order valence-electron chi connectivity index (χ0n) is 21.5. The third-order valence-corrected chi connectivity index (χ3v) is 5.85. The molecular weight excluding hydrogens is 456 g/mol. The number of hydrogen-bond donors (Lipinski definition) is 0. The fourth-order valence-electron chi connectivity index (χ4n) is 3.64. The van der Waals surface area contributed by atoms with Crippen LogP contribution in [0.15, 0.2) is 70.9 Å². The van der Waals surface area contributed by atoms with Gasteiger partial charge in [0.05, 0.1) is 22.9 Å². The number of unbranched alkanes of at least 4 members (excludes halogenated alkanes) is 8. The lowest BCUT2D eigenvalue weighted by Gasteiger charge is -2.19. The summed E-state index contributed by atoms with van der Waals surface area (Å²) in [6.45, 7) is 6.74. The number of nitro benzene ring substituents is 1. The topological polar surface area (TPSA) is 97.4 Å². The Labute approximate surface area is 214 Å². The Morgan fingerprint density at radius 2 is 1.33 bits per heavy atom. The minimum Gasteiger partial charge on any atom is -0.462 e. The lowest BCUT2D eigenvalue weighted by Crippen LogP contribution is -2.18. The van der Waals surface area contributed by atoms with Crippen molar-refractivity contribution in [3.05, 3.63) is 70.8 Å². The van der Waals surface area contributed by atoms with Crippen LogP contribution in [0, 0.1) is 10.1 Å². The summed E-state index contributed by atoms with van der Waals surface area (Å²) in [6, 6.07) is 13.9. The van der Waals surface area contributed by atoms with Gasteiger partial charge in [-0.3, -0.25) is 10.1 Å². The van der Waals surface area contributed by atoms with Gasteiger partial charge < -0.3 is 9.64 Å². The summed E-state index contributed by atoms with van der Waals surface area (Å²) >= 11 is 0. The van der Waals surface area contributed by atoms with Crippen molar-refractivity contribution in [3.63, 3.8) is 0 Å². The van der Waals surface area contributed by atoms with Crippen LogP contribution in [0.4, 0.5) is 22.7 Å². The number of anilines is 1. The second-order valence-corrected chi connectivity index (χ2v) is 9.01. The van der Waals surface area contributed by atoms with Gasteiger partial charge in [-0.05, 0) is 56.2 Å². The SMILES string of the molecule is C=C(C)C(=O)OCCCCCCCCCCCN(C)c1ccc(N=Nc2ccc([N+](=O)[O-])cc2)cc1. The Balaban J connectivity index is 1.54. The maximum absolute atomic E-state index is 11.3. The number of azo groups is 1. The Bertz CT molecular complexity index is 988. The molecule has 0 amide bonds. The molecule has 0 aliphatic heterocycles. The van der Waals surface area contributed by atoms with Crippen molar-refractivity contribution in [2.24, 2.45) is 10.2 Å². The predicted molar refractivity (Wildman–Crippen MR) is 144 cm³/mol. The van der Waals surface area contributed by atoms with Crippen molar-refractivity contribution in [3.8, 4) is 0 Å². The van der Waals surface area contributed by atoms with Crippen LogP contribution < -0.4 is 4.90 Å². The predicted octanol–water partition coefficient (Wildman–Crippen LogP) is 8.08. The molecule has 0 bridgehead atoms. The van der Waals surface area contributed by atoms with Crippen molar-refractivity contribution in [2.75, 3.05) is 25.1 Å². The molecule has 0 aromatic heterocycles. The molecule has 0 saturated heterocycles. The highest BCUT2D eigenvalue weighted by Crippen LogP contribution is 2.23. The van der Waals surface area contributed by atoms with Gasteiger partial charge in [-0.1, -0.05) is 51.5 Å². The van der Waals surface area contributed by atoms with Crippen LogP contribution in [-0.4, -0.2) is 31.1 Å². The van der Waals surface area contributed by atoms with Gasteiger partial charge in [0.25, 0.3) is 5.69 Å². The first-order valence-electron chi connectivity index (χ1n) is 12.7. The average molecular weight is 495 g/mol. The number of nitrogens with zero attached hydrogens (tertiary/aromatic N) is 4. The molecule has 2 aromatic rings. The first-order valence-corrected chi connectivity index (χ1v) is 12.7. The largest absolute Gasteiger partial charge is 0.462 e. The van der Waals surface area contributed by atoms with Gasteiger partial charge in [0.1, 0.15) is 0 Å². The second kappa shape index (κ2) is 16.2. The van der Waals surface area contributed by atoms with Crippen LogP contribution in [0.3, 0.4) is 0 Å². The van der Waals surface area contributed by atoms with Gasteiger partial charge in [-0.2, -0.15) is 10.2 Å². The second-order valence-electron chi connectivity index (χ2n) is 9.01. The van der Waals surface area contributed by atoms with Crippen molar-refractivity contribution >= 4 is 28.7 Å². The van der Waals surface area contributed by atoms with E-state index in [1.807, 2.05) is 24.3 Å². The number of carbonyl (C=O) groups excluding carboxylic acids is 1. The van der Waals surface area contributed by atoms with E-state index in [1.54, 1.807) is 19.1 Å². The van der Waals surface area contributed by atoms with Gasteiger partial charge in [-0.25, -0.2) is 4.79 Å². The molecule has 0 N–H and O–H groups in total. The minimum absolute atomic E-state index is 0.0359. The van der Waals surface area contributed by atoms with E-state index in [0.717, 1.165) is 37.2 Å². The molecule has 0 aliphatic carbocycles. The van der Waals surface area contributed by atoms with Crippen LogP contribution in [0.2, 0.25) is 0 Å². The quantitative estimate of drug-likeness (QED) is 0.0553. The molecule has 8 nitrogen and oxygen atoms in total. The van der Waals surface area contributed by atoms with Gasteiger partial charge in [0.2, 0.25) is 0 Å². The first kappa shape index (κ1) is 28.7. The first-order chi connectivity index (χ1) is 17.4. The molecule has 0 spiro atoms. The third-order valence-electron chi connectivity index (χ3n) is 5.85. The number of nitro groups is 1. The molecule has 0 saturated carbocycles. The summed E-state index contributed by atoms with van der Waals surface area (Å²) in [7, 11) is 2.10. The molecule has 194 valence electrons. The molecule has 2 rings (SSSR count).